The van der Waals surface area contributed by atoms with Crippen molar-refractivity contribution < 1.29 is 24.2 Å². The second-order valence-electron chi connectivity index (χ2n) is 8.48. The van der Waals surface area contributed by atoms with E-state index in [1.807, 2.05) is 12.1 Å². The number of ether oxygens (including phenoxy) is 2. The predicted molar refractivity (Wildman–Crippen MR) is 111 cm³/mol. The molecule has 8 nitrogen and oxygen atoms in total. The maximum absolute atomic E-state index is 13.1. The van der Waals surface area contributed by atoms with Crippen LogP contribution in [0.2, 0.25) is 0 Å². The maximum atomic E-state index is 13.1. The van der Waals surface area contributed by atoms with Crippen LogP contribution in [0.4, 0.5) is 26.8 Å². The van der Waals surface area contributed by atoms with Crippen molar-refractivity contribution in [3.63, 3.8) is 0 Å². The van der Waals surface area contributed by atoms with E-state index in [1.54, 1.807) is 45.2 Å². The van der Waals surface area contributed by atoms with E-state index in [2.05, 4.69) is 4.98 Å². The lowest BCUT2D eigenvalue weighted by Crippen LogP contribution is -2.36. The van der Waals surface area contributed by atoms with Gasteiger partial charge in [0.25, 0.3) is 0 Å². The average molecular weight is 411 g/mol. The van der Waals surface area contributed by atoms with Crippen molar-refractivity contribution in [3.8, 4) is 0 Å². The molecule has 1 saturated heterocycles. The number of carbonyl (C=O) groups is 2. The van der Waals surface area contributed by atoms with Gasteiger partial charge in [0.1, 0.15) is 11.4 Å². The van der Waals surface area contributed by atoms with Gasteiger partial charge in [-0.05, 0) is 51.0 Å². The molecule has 0 bridgehead atoms. The van der Waals surface area contributed by atoms with Crippen molar-refractivity contribution in [2.24, 2.45) is 0 Å². The minimum atomic E-state index is -1.17. The largest absolute Gasteiger partial charge is 0.464 e. The third-order valence-electron chi connectivity index (χ3n) is 5.15. The molecule has 4 rings (SSSR count). The van der Waals surface area contributed by atoms with E-state index in [9.17, 15) is 14.7 Å². The van der Waals surface area contributed by atoms with E-state index in [0.717, 1.165) is 16.9 Å². The van der Waals surface area contributed by atoms with Crippen LogP contribution in [-0.4, -0.2) is 41.1 Å². The summed E-state index contributed by atoms with van der Waals surface area (Å²) in [6.07, 6.45) is 0.724. The molecule has 2 amide bonds. The molecule has 30 heavy (non-hydrogen) atoms. The van der Waals surface area contributed by atoms with Crippen LogP contribution in [0.15, 0.2) is 36.5 Å². The van der Waals surface area contributed by atoms with Crippen LogP contribution >= 0.6 is 0 Å². The number of rotatable bonds is 1. The lowest BCUT2D eigenvalue weighted by atomic mass is 9.97. The zero-order valence-electron chi connectivity index (χ0n) is 17.3. The zero-order valence-corrected chi connectivity index (χ0v) is 17.3. The number of benzene rings is 1. The number of hydrogen-bond donors (Lipinski definition) is 1. The second-order valence-corrected chi connectivity index (χ2v) is 8.48. The van der Waals surface area contributed by atoms with Gasteiger partial charge in [0, 0.05) is 24.3 Å². The highest BCUT2D eigenvalue weighted by molar-refractivity contribution is 6.03. The zero-order chi connectivity index (χ0) is 21.5. The van der Waals surface area contributed by atoms with Crippen molar-refractivity contribution in [2.75, 3.05) is 23.0 Å². The lowest BCUT2D eigenvalue weighted by Gasteiger charge is -2.28. The Labute approximate surface area is 175 Å². The third-order valence-corrected chi connectivity index (χ3v) is 5.15. The minimum Gasteiger partial charge on any atom is -0.464 e. The Morgan fingerprint density at radius 2 is 2.03 bits per heavy atom. The molecular formula is C22H25N3O5. The van der Waals surface area contributed by atoms with E-state index in [4.69, 9.17) is 9.47 Å². The molecule has 2 aliphatic heterocycles. The van der Waals surface area contributed by atoms with Gasteiger partial charge in [0.05, 0.1) is 24.5 Å². The standard InChI is InChI=1S/C22H25N3O5/c1-22(2,3)30-21(28)24-12-15-5-4-9-23-19(15)25(20(26)27)17-7-6-14(11-18(17)24)16-8-10-29-13-16/h4-7,9,11,16H,8,10,12-13H2,1-3H3,(H,26,27). The van der Waals surface area contributed by atoms with E-state index in [0.29, 0.717) is 30.2 Å². The SMILES string of the molecule is CC(C)(C)OC(=O)N1Cc2cccnc2N(C(=O)O)c2ccc(C3CCOC3)cc21. The number of aromatic nitrogens is 1. The van der Waals surface area contributed by atoms with Gasteiger partial charge in [0.15, 0.2) is 0 Å². The van der Waals surface area contributed by atoms with Gasteiger partial charge in [-0.25, -0.2) is 19.5 Å². The van der Waals surface area contributed by atoms with Crippen LogP contribution < -0.4 is 9.80 Å². The lowest BCUT2D eigenvalue weighted by molar-refractivity contribution is 0.0578. The number of anilines is 3. The Kier molecular flexibility index (Phi) is 5.11. The van der Waals surface area contributed by atoms with E-state index < -0.39 is 17.8 Å². The number of hydrogen-bond acceptors (Lipinski definition) is 5. The minimum absolute atomic E-state index is 0.152. The van der Waals surface area contributed by atoms with Crippen LogP contribution in [-0.2, 0) is 16.0 Å². The van der Waals surface area contributed by atoms with Crippen LogP contribution in [0.25, 0.3) is 0 Å². The number of nitrogens with zero attached hydrogens (tertiary/aromatic N) is 3. The fourth-order valence-electron chi connectivity index (χ4n) is 3.80. The van der Waals surface area contributed by atoms with Crippen LogP contribution in [0.3, 0.4) is 0 Å². The Morgan fingerprint density at radius 3 is 2.70 bits per heavy atom. The molecule has 1 N–H and O–H groups in total. The first-order valence-electron chi connectivity index (χ1n) is 9.94. The molecular weight excluding hydrogens is 386 g/mol. The molecule has 1 aromatic carbocycles. The van der Waals surface area contributed by atoms with Gasteiger partial charge in [-0.3, -0.25) is 4.90 Å². The first kappa shape index (κ1) is 20.2. The van der Waals surface area contributed by atoms with Gasteiger partial charge < -0.3 is 14.6 Å². The first-order chi connectivity index (χ1) is 14.2. The van der Waals surface area contributed by atoms with E-state index in [1.165, 1.54) is 4.90 Å². The molecule has 2 aromatic rings. The number of fused-ring (bicyclic) bond motifs is 2. The fourth-order valence-corrected chi connectivity index (χ4v) is 3.80. The molecule has 3 heterocycles. The molecule has 0 spiro atoms. The van der Waals surface area contributed by atoms with Gasteiger partial charge in [-0.1, -0.05) is 12.1 Å². The maximum Gasteiger partial charge on any atom is 0.417 e. The molecule has 1 aromatic heterocycles. The summed E-state index contributed by atoms with van der Waals surface area (Å²) in [6.45, 7) is 6.85. The number of carbonyl (C=O) groups excluding carboxylic acids is 1. The Hall–Kier alpha value is -3.13. The summed E-state index contributed by atoms with van der Waals surface area (Å²) < 4.78 is 11.2. The summed E-state index contributed by atoms with van der Waals surface area (Å²) >= 11 is 0. The smallest absolute Gasteiger partial charge is 0.417 e. The molecule has 0 radical (unpaired) electrons. The summed E-state index contributed by atoms with van der Waals surface area (Å²) in [7, 11) is 0. The fraction of sp³-hybridized carbons (Fsp3) is 0.409. The van der Waals surface area contributed by atoms with Crippen molar-refractivity contribution in [3.05, 3.63) is 47.7 Å². The molecule has 0 saturated carbocycles. The topological polar surface area (TPSA) is 92.2 Å². The van der Waals surface area contributed by atoms with Crippen molar-refractivity contribution in [1.82, 2.24) is 4.98 Å². The molecule has 1 atom stereocenters. The number of pyridine rings is 1. The first-order valence-corrected chi connectivity index (χ1v) is 9.94. The summed E-state index contributed by atoms with van der Waals surface area (Å²) in [6, 6.07) is 9.00. The molecule has 2 aliphatic rings. The van der Waals surface area contributed by atoms with Gasteiger partial charge >= 0.3 is 12.2 Å². The highest BCUT2D eigenvalue weighted by Gasteiger charge is 2.35. The van der Waals surface area contributed by atoms with E-state index >= 15 is 0 Å². The highest BCUT2D eigenvalue weighted by Crippen LogP contribution is 2.42. The van der Waals surface area contributed by atoms with Crippen molar-refractivity contribution >= 4 is 29.4 Å². The summed E-state index contributed by atoms with van der Waals surface area (Å²) in [5, 5.41) is 9.98. The van der Waals surface area contributed by atoms with Crippen LogP contribution in [0.1, 0.15) is 44.2 Å². The average Bonchev–Trinajstić information content (AvgIpc) is 3.16. The molecule has 158 valence electrons. The number of amides is 2. The molecule has 8 heteroatoms. The molecule has 0 aliphatic carbocycles. The van der Waals surface area contributed by atoms with Gasteiger partial charge in [-0.15, -0.1) is 0 Å². The van der Waals surface area contributed by atoms with Crippen molar-refractivity contribution in [1.29, 1.82) is 0 Å². The number of carboxylic acid groups (broad SMARTS) is 1. The van der Waals surface area contributed by atoms with E-state index in [-0.39, 0.29) is 18.3 Å². The Bertz CT molecular complexity index is 979. The molecule has 1 unspecified atom stereocenters. The molecule has 1 fully saturated rings. The predicted octanol–water partition coefficient (Wildman–Crippen LogP) is 4.66. The highest BCUT2D eigenvalue weighted by atomic mass is 16.6. The van der Waals surface area contributed by atoms with Crippen molar-refractivity contribution in [2.45, 2.75) is 45.3 Å². The summed E-state index contributed by atoms with van der Waals surface area (Å²) in [5.41, 5.74) is 1.78. The summed E-state index contributed by atoms with van der Waals surface area (Å²) in [4.78, 5) is 32.3. The van der Waals surface area contributed by atoms with Crippen LogP contribution in [0.5, 0.6) is 0 Å². The third kappa shape index (κ3) is 3.82. The Morgan fingerprint density at radius 1 is 1.23 bits per heavy atom. The van der Waals surface area contributed by atoms with Gasteiger partial charge in [0.2, 0.25) is 0 Å². The Balaban J connectivity index is 1.88. The summed E-state index contributed by atoms with van der Waals surface area (Å²) in [5.74, 6) is 0.493. The van der Waals surface area contributed by atoms with Gasteiger partial charge in [-0.2, -0.15) is 0 Å². The quantitative estimate of drug-likeness (QED) is 0.734. The van der Waals surface area contributed by atoms with Crippen LogP contribution in [0, 0.1) is 0 Å². The normalized spacial score (nSPS) is 18.4. The second kappa shape index (κ2) is 7.60. The monoisotopic (exact) mass is 411 g/mol.